The van der Waals surface area contributed by atoms with Gasteiger partial charge < -0.3 is 19.7 Å². The van der Waals surface area contributed by atoms with Gasteiger partial charge in [-0.05, 0) is 29.1 Å². The van der Waals surface area contributed by atoms with Crippen LogP contribution in [0.25, 0.3) is 0 Å². The highest BCUT2D eigenvalue weighted by molar-refractivity contribution is 7.12. The number of ether oxygens (including phenoxy) is 2. The molecule has 0 radical (unpaired) electrons. The van der Waals surface area contributed by atoms with Crippen molar-refractivity contribution in [3.63, 3.8) is 0 Å². The average Bonchev–Trinajstić information content (AvgIpc) is 3.16. The van der Waals surface area contributed by atoms with Crippen molar-refractivity contribution in [1.82, 2.24) is 9.80 Å². The Morgan fingerprint density at radius 3 is 2.41 bits per heavy atom. The standard InChI is InChI=1S/C19H23N3O4S/c1-25-15-5-3-14(4-6-15)13-21-8-10-22(11-9-21)19(24)20-16-7-12-27-17(16)18(23)26-2/h3-7,12H,8-11,13H2,1-2H3,(H,20,24). The van der Waals surface area contributed by atoms with Crippen molar-refractivity contribution in [2.45, 2.75) is 6.54 Å². The molecule has 27 heavy (non-hydrogen) atoms. The van der Waals surface area contributed by atoms with Crippen molar-refractivity contribution in [3.8, 4) is 5.75 Å². The van der Waals surface area contributed by atoms with Gasteiger partial charge in [0.1, 0.15) is 10.6 Å². The predicted octanol–water partition coefficient (Wildman–Crippen LogP) is 2.89. The maximum absolute atomic E-state index is 12.5. The van der Waals surface area contributed by atoms with E-state index in [1.807, 2.05) is 12.1 Å². The van der Waals surface area contributed by atoms with Gasteiger partial charge in [-0.25, -0.2) is 9.59 Å². The first-order valence-corrected chi connectivity index (χ1v) is 9.55. The number of piperazine rings is 1. The molecular weight excluding hydrogens is 366 g/mol. The molecule has 2 aromatic rings. The maximum atomic E-state index is 12.5. The Kier molecular flexibility index (Phi) is 6.31. The second-order valence-electron chi connectivity index (χ2n) is 6.20. The zero-order chi connectivity index (χ0) is 19.2. The number of thiophene rings is 1. The van der Waals surface area contributed by atoms with Crippen LogP contribution < -0.4 is 10.1 Å². The molecule has 0 aliphatic carbocycles. The van der Waals surface area contributed by atoms with Crippen LogP contribution in [-0.4, -0.2) is 62.2 Å². The van der Waals surface area contributed by atoms with Crippen LogP contribution in [0.4, 0.5) is 10.5 Å². The Labute approximate surface area is 162 Å². The van der Waals surface area contributed by atoms with E-state index in [0.717, 1.165) is 25.4 Å². The van der Waals surface area contributed by atoms with Gasteiger partial charge in [-0.15, -0.1) is 11.3 Å². The van der Waals surface area contributed by atoms with Gasteiger partial charge in [0.15, 0.2) is 0 Å². The monoisotopic (exact) mass is 389 g/mol. The molecule has 1 aliphatic heterocycles. The maximum Gasteiger partial charge on any atom is 0.350 e. The van der Waals surface area contributed by atoms with Gasteiger partial charge >= 0.3 is 12.0 Å². The molecule has 2 amide bonds. The topological polar surface area (TPSA) is 71.1 Å². The number of urea groups is 1. The number of benzene rings is 1. The third-order valence-corrected chi connectivity index (χ3v) is 5.40. The highest BCUT2D eigenvalue weighted by atomic mass is 32.1. The van der Waals surface area contributed by atoms with Crippen molar-refractivity contribution >= 4 is 29.0 Å². The van der Waals surface area contributed by atoms with Gasteiger partial charge in [-0.3, -0.25) is 4.90 Å². The van der Waals surface area contributed by atoms with Gasteiger partial charge in [-0.2, -0.15) is 0 Å². The summed E-state index contributed by atoms with van der Waals surface area (Å²) in [7, 11) is 2.99. The van der Waals surface area contributed by atoms with Crippen molar-refractivity contribution in [2.75, 3.05) is 45.7 Å². The lowest BCUT2D eigenvalue weighted by Gasteiger charge is -2.34. The molecule has 1 aromatic carbocycles. The number of hydrogen-bond donors (Lipinski definition) is 1. The lowest BCUT2D eigenvalue weighted by atomic mass is 10.2. The second kappa shape index (κ2) is 8.88. The summed E-state index contributed by atoms with van der Waals surface area (Å²) in [4.78, 5) is 28.7. The van der Waals surface area contributed by atoms with Crippen molar-refractivity contribution in [3.05, 3.63) is 46.2 Å². The van der Waals surface area contributed by atoms with Crippen LogP contribution >= 0.6 is 11.3 Å². The Morgan fingerprint density at radius 1 is 1.07 bits per heavy atom. The lowest BCUT2D eigenvalue weighted by molar-refractivity contribution is 0.0607. The Bertz CT molecular complexity index is 783. The number of anilines is 1. The third-order valence-electron chi connectivity index (χ3n) is 4.50. The summed E-state index contributed by atoms with van der Waals surface area (Å²) < 4.78 is 9.92. The zero-order valence-electron chi connectivity index (χ0n) is 15.4. The van der Waals surface area contributed by atoms with E-state index < -0.39 is 5.97 Å². The molecule has 0 bridgehead atoms. The van der Waals surface area contributed by atoms with Crippen molar-refractivity contribution in [1.29, 1.82) is 0 Å². The minimum absolute atomic E-state index is 0.192. The highest BCUT2D eigenvalue weighted by Gasteiger charge is 2.23. The van der Waals surface area contributed by atoms with Gasteiger partial charge in [0.25, 0.3) is 0 Å². The third kappa shape index (κ3) is 4.78. The molecular formula is C19H23N3O4S. The molecule has 1 saturated heterocycles. The van der Waals surface area contributed by atoms with Crippen LogP contribution in [0, 0.1) is 0 Å². The van der Waals surface area contributed by atoms with Crippen molar-refractivity contribution in [2.24, 2.45) is 0 Å². The van der Waals surface area contributed by atoms with E-state index >= 15 is 0 Å². The number of nitrogens with zero attached hydrogens (tertiary/aromatic N) is 2. The van der Waals surface area contributed by atoms with E-state index in [-0.39, 0.29) is 6.03 Å². The van der Waals surface area contributed by atoms with Gasteiger partial charge in [0.2, 0.25) is 0 Å². The average molecular weight is 389 g/mol. The predicted molar refractivity (Wildman–Crippen MR) is 105 cm³/mol. The normalized spacial score (nSPS) is 14.7. The van der Waals surface area contributed by atoms with E-state index in [1.54, 1.807) is 23.5 Å². The summed E-state index contributed by atoms with van der Waals surface area (Å²) >= 11 is 1.25. The molecule has 144 valence electrons. The Hall–Kier alpha value is -2.58. The quantitative estimate of drug-likeness (QED) is 0.796. The van der Waals surface area contributed by atoms with Crippen LogP contribution in [0.1, 0.15) is 15.2 Å². The number of methoxy groups -OCH3 is 2. The first-order valence-electron chi connectivity index (χ1n) is 8.67. The van der Waals surface area contributed by atoms with Gasteiger partial charge in [0, 0.05) is 32.7 Å². The summed E-state index contributed by atoms with van der Waals surface area (Å²) in [6.45, 7) is 3.72. The van der Waals surface area contributed by atoms with E-state index in [9.17, 15) is 9.59 Å². The molecule has 0 unspecified atom stereocenters. The molecule has 1 aromatic heterocycles. The molecule has 1 fully saturated rings. The molecule has 2 heterocycles. The minimum Gasteiger partial charge on any atom is -0.497 e. The lowest BCUT2D eigenvalue weighted by Crippen LogP contribution is -2.49. The second-order valence-corrected chi connectivity index (χ2v) is 7.11. The molecule has 7 nitrogen and oxygen atoms in total. The van der Waals surface area contributed by atoms with Gasteiger partial charge in [0.05, 0.1) is 19.9 Å². The molecule has 0 saturated carbocycles. The number of esters is 1. The van der Waals surface area contributed by atoms with Crippen LogP contribution in [-0.2, 0) is 11.3 Å². The first-order chi connectivity index (χ1) is 13.1. The van der Waals surface area contributed by atoms with Crippen LogP contribution in [0.2, 0.25) is 0 Å². The molecule has 0 atom stereocenters. The van der Waals surface area contributed by atoms with E-state index in [0.29, 0.717) is 23.7 Å². The molecule has 1 N–H and O–H groups in total. The fraction of sp³-hybridized carbons (Fsp3) is 0.368. The summed E-state index contributed by atoms with van der Waals surface area (Å²) in [6.07, 6.45) is 0. The number of rotatable bonds is 5. The van der Waals surface area contributed by atoms with Crippen LogP contribution in [0.3, 0.4) is 0 Å². The fourth-order valence-electron chi connectivity index (χ4n) is 2.95. The van der Waals surface area contributed by atoms with E-state index in [4.69, 9.17) is 9.47 Å². The Morgan fingerprint density at radius 2 is 1.78 bits per heavy atom. The summed E-state index contributed by atoms with van der Waals surface area (Å²) in [5, 5.41) is 4.58. The smallest absolute Gasteiger partial charge is 0.350 e. The first kappa shape index (κ1) is 19.2. The summed E-state index contributed by atoms with van der Waals surface area (Å²) in [5.41, 5.74) is 1.72. The largest absolute Gasteiger partial charge is 0.497 e. The number of carbonyl (C=O) groups excluding carboxylic acids is 2. The molecule has 1 aliphatic rings. The summed E-state index contributed by atoms with van der Waals surface area (Å²) in [5.74, 6) is 0.407. The number of hydrogen-bond acceptors (Lipinski definition) is 6. The van der Waals surface area contributed by atoms with Crippen molar-refractivity contribution < 1.29 is 19.1 Å². The van der Waals surface area contributed by atoms with Crippen LogP contribution in [0.15, 0.2) is 35.7 Å². The fourth-order valence-corrected chi connectivity index (χ4v) is 3.72. The zero-order valence-corrected chi connectivity index (χ0v) is 16.3. The number of nitrogens with one attached hydrogen (secondary N) is 1. The number of carbonyl (C=O) groups is 2. The minimum atomic E-state index is -0.440. The molecule has 0 spiro atoms. The van der Waals surface area contributed by atoms with Crippen LogP contribution in [0.5, 0.6) is 5.75 Å². The van der Waals surface area contributed by atoms with E-state index in [2.05, 4.69) is 22.3 Å². The molecule has 3 rings (SSSR count). The Balaban J connectivity index is 1.50. The number of amides is 2. The van der Waals surface area contributed by atoms with Gasteiger partial charge in [-0.1, -0.05) is 12.1 Å². The van der Waals surface area contributed by atoms with E-state index in [1.165, 1.54) is 24.0 Å². The summed E-state index contributed by atoms with van der Waals surface area (Å²) in [6, 6.07) is 9.56. The SMILES string of the molecule is COC(=O)c1sccc1NC(=O)N1CCN(Cc2ccc(OC)cc2)CC1. The highest BCUT2D eigenvalue weighted by Crippen LogP contribution is 2.23. The molecule has 8 heteroatoms.